The second-order valence-corrected chi connectivity index (χ2v) is 6.30. The van der Waals surface area contributed by atoms with Crippen molar-refractivity contribution >= 4 is 22.8 Å². The van der Waals surface area contributed by atoms with Crippen LogP contribution in [0.3, 0.4) is 0 Å². The first-order valence-corrected chi connectivity index (χ1v) is 8.38. The number of aryl methyl sites for hydroxylation is 1. The highest BCUT2D eigenvalue weighted by Crippen LogP contribution is 2.17. The molecule has 3 heterocycles. The van der Waals surface area contributed by atoms with Gasteiger partial charge in [0.05, 0.1) is 11.1 Å². The quantitative estimate of drug-likeness (QED) is 0.712. The molecule has 7 nitrogen and oxygen atoms in total. The summed E-state index contributed by atoms with van der Waals surface area (Å²) in [6.45, 7) is 4.76. The van der Waals surface area contributed by atoms with E-state index in [0.717, 1.165) is 35.8 Å². The summed E-state index contributed by atoms with van der Waals surface area (Å²) in [4.78, 5) is 21.2. The van der Waals surface area contributed by atoms with Crippen molar-refractivity contribution in [1.29, 1.82) is 0 Å². The number of anilines is 1. The van der Waals surface area contributed by atoms with Crippen LogP contribution < -0.4 is 4.90 Å². The molecule has 1 saturated heterocycles. The lowest BCUT2D eigenvalue weighted by molar-refractivity contribution is 0.0746. The number of pyridine rings is 1. The third kappa shape index (κ3) is 2.82. The largest absolute Gasteiger partial charge is 0.337 e. The molecule has 1 aliphatic rings. The predicted molar refractivity (Wildman–Crippen MR) is 95.6 cm³/mol. The number of fused-ring (bicyclic) bond motifs is 1. The topological polar surface area (TPSA) is 67.2 Å². The van der Waals surface area contributed by atoms with Crippen LogP contribution in [0, 0.1) is 6.92 Å². The fraction of sp³-hybridized carbons (Fsp3) is 0.333. The molecule has 0 N–H and O–H groups in total. The van der Waals surface area contributed by atoms with Crippen LogP contribution >= 0.6 is 0 Å². The fourth-order valence-electron chi connectivity index (χ4n) is 3.15. The Morgan fingerprint density at radius 2 is 1.84 bits per heavy atom. The number of rotatable bonds is 2. The van der Waals surface area contributed by atoms with Gasteiger partial charge < -0.3 is 14.4 Å². The third-order valence-corrected chi connectivity index (χ3v) is 4.76. The van der Waals surface area contributed by atoms with Gasteiger partial charge in [0.1, 0.15) is 5.82 Å². The second kappa shape index (κ2) is 6.16. The number of amides is 1. The van der Waals surface area contributed by atoms with Crippen LogP contribution in [0.4, 0.5) is 5.95 Å². The van der Waals surface area contributed by atoms with Gasteiger partial charge in [-0.3, -0.25) is 9.78 Å². The molecule has 0 atom stereocenters. The van der Waals surface area contributed by atoms with E-state index >= 15 is 0 Å². The molecule has 25 heavy (non-hydrogen) atoms. The van der Waals surface area contributed by atoms with Crippen LogP contribution in [0.1, 0.15) is 16.2 Å². The lowest BCUT2D eigenvalue weighted by Crippen LogP contribution is -2.49. The minimum atomic E-state index is 0.0343. The molecule has 128 valence electrons. The highest BCUT2D eigenvalue weighted by Gasteiger charge is 2.25. The number of hydrogen-bond acceptors (Lipinski definition) is 5. The Balaban J connectivity index is 1.48. The molecule has 1 amide bonds. The maximum Gasteiger partial charge on any atom is 0.255 e. The van der Waals surface area contributed by atoms with Gasteiger partial charge in [0.25, 0.3) is 5.91 Å². The van der Waals surface area contributed by atoms with E-state index in [2.05, 4.69) is 20.1 Å². The number of nitrogens with zero attached hydrogens (tertiary/aromatic N) is 6. The molecule has 1 fully saturated rings. The summed E-state index contributed by atoms with van der Waals surface area (Å²) in [5.41, 5.74) is 1.54. The Kier molecular flexibility index (Phi) is 3.83. The maximum atomic E-state index is 12.8. The second-order valence-electron chi connectivity index (χ2n) is 6.30. The average Bonchev–Trinajstić information content (AvgIpc) is 3.00. The Hall–Kier alpha value is -2.96. The number of para-hydroxylation sites is 1. The summed E-state index contributed by atoms with van der Waals surface area (Å²) in [6.07, 6.45) is 1.67. The van der Waals surface area contributed by atoms with Crippen molar-refractivity contribution in [3.8, 4) is 0 Å². The Labute approximate surface area is 145 Å². The maximum absolute atomic E-state index is 12.8. The molecule has 0 unspecified atom stereocenters. The van der Waals surface area contributed by atoms with Gasteiger partial charge in [-0.15, -0.1) is 10.2 Å². The van der Waals surface area contributed by atoms with Crippen LogP contribution in [-0.4, -0.2) is 56.7 Å². The van der Waals surface area contributed by atoms with Gasteiger partial charge in [0, 0.05) is 44.8 Å². The zero-order chi connectivity index (χ0) is 17.4. The van der Waals surface area contributed by atoms with Gasteiger partial charge in [0.15, 0.2) is 0 Å². The molecule has 1 aromatic carbocycles. The first-order chi connectivity index (χ1) is 12.1. The van der Waals surface area contributed by atoms with Gasteiger partial charge >= 0.3 is 0 Å². The summed E-state index contributed by atoms with van der Waals surface area (Å²) >= 11 is 0. The van der Waals surface area contributed by atoms with Gasteiger partial charge in [-0.25, -0.2) is 0 Å². The number of aromatic nitrogens is 4. The summed E-state index contributed by atoms with van der Waals surface area (Å²) in [5, 5.41) is 9.32. The molecule has 7 heteroatoms. The molecule has 0 spiro atoms. The average molecular weight is 336 g/mol. The lowest BCUT2D eigenvalue weighted by atomic mass is 10.1. The first-order valence-electron chi connectivity index (χ1n) is 8.38. The molecular weight excluding hydrogens is 316 g/mol. The van der Waals surface area contributed by atoms with Crippen LogP contribution in [-0.2, 0) is 7.05 Å². The number of piperazine rings is 1. The summed E-state index contributed by atoms with van der Waals surface area (Å²) < 4.78 is 1.98. The van der Waals surface area contributed by atoms with E-state index in [9.17, 15) is 4.79 Å². The number of hydrogen-bond donors (Lipinski definition) is 0. The van der Waals surface area contributed by atoms with E-state index in [0.29, 0.717) is 18.7 Å². The molecule has 0 saturated carbocycles. The van der Waals surface area contributed by atoms with Crippen molar-refractivity contribution in [3.63, 3.8) is 0 Å². The Bertz CT molecular complexity index is 926. The van der Waals surface area contributed by atoms with Gasteiger partial charge in [0.2, 0.25) is 5.95 Å². The van der Waals surface area contributed by atoms with E-state index in [1.54, 1.807) is 6.20 Å². The highest BCUT2D eigenvalue weighted by molar-refractivity contribution is 5.97. The molecule has 3 aromatic rings. The monoisotopic (exact) mass is 336 g/mol. The summed E-state index contributed by atoms with van der Waals surface area (Å²) in [7, 11) is 1.96. The van der Waals surface area contributed by atoms with Crippen molar-refractivity contribution in [3.05, 3.63) is 47.9 Å². The van der Waals surface area contributed by atoms with Crippen molar-refractivity contribution < 1.29 is 4.79 Å². The van der Waals surface area contributed by atoms with Crippen molar-refractivity contribution in [1.82, 2.24) is 24.6 Å². The SMILES string of the molecule is Cc1nnc(N2CCN(C(=O)c3cnc4ccccc4c3)CC2)n1C. The van der Waals surface area contributed by atoms with Crippen molar-refractivity contribution in [2.75, 3.05) is 31.1 Å². The summed E-state index contributed by atoms with van der Waals surface area (Å²) in [6, 6.07) is 9.76. The van der Waals surface area contributed by atoms with Crippen LogP contribution in [0.2, 0.25) is 0 Å². The van der Waals surface area contributed by atoms with Gasteiger partial charge in [-0.2, -0.15) is 0 Å². The number of benzene rings is 1. The Morgan fingerprint density at radius 3 is 2.56 bits per heavy atom. The lowest BCUT2D eigenvalue weighted by Gasteiger charge is -2.35. The van der Waals surface area contributed by atoms with E-state index in [-0.39, 0.29) is 5.91 Å². The van der Waals surface area contributed by atoms with Crippen molar-refractivity contribution in [2.24, 2.45) is 7.05 Å². The zero-order valence-electron chi connectivity index (χ0n) is 14.4. The van der Waals surface area contributed by atoms with E-state index in [1.165, 1.54) is 0 Å². The van der Waals surface area contributed by atoms with Crippen LogP contribution in [0.5, 0.6) is 0 Å². The first kappa shape index (κ1) is 15.6. The summed E-state index contributed by atoms with van der Waals surface area (Å²) in [5.74, 6) is 1.78. The molecule has 1 aliphatic heterocycles. The number of carbonyl (C=O) groups is 1. The molecular formula is C18H20N6O. The molecule has 0 radical (unpaired) electrons. The minimum absolute atomic E-state index is 0.0343. The van der Waals surface area contributed by atoms with E-state index < -0.39 is 0 Å². The van der Waals surface area contributed by atoms with Crippen molar-refractivity contribution in [2.45, 2.75) is 6.92 Å². The standard InChI is InChI=1S/C18H20N6O/c1-13-20-21-18(22(13)2)24-9-7-23(8-10-24)17(25)15-11-14-5-3-4-6-16(14)19-12-15/h3-6,11-12H,7-10H2,1-2H3. The van der Waals surface area contributed by atoms with E-state index in [4.69, 9.17) is 0 Å². The normalized spacial score (nSPS) is 15.0. The highest BCUT2D eigenvalue weighted by atomic mass is 16.2. The van der Waals surface area contributed by atoms with Crippen LogP contribution in [0.15, 0.2) is 36.5 Å². The minimum Gasteiger partial charge on any atom is -0.337 e. The predicted octanol–water partition coefficient (Wildman–Crippen LogP) is 1.63. The Morgan fingerprint density at radius 1 is 1.08 bits per heavy atom. The fourth-order valence-corrected chi connectivity index (χ4v) is 3.15. The third-order valence-electron chi connectivity index (χ3n) is 4.76. The molecule has 0 aliphatic carbocycles. The smallest absolute Gasteiger partial charge is 0.255 e. The molecule has 2 aromatic heterocycles. The molecule has 4 rings (SSSR count). The molecule has 0 bridgehead atoms. The van der Waals surface area contributed by atoms with Gasteiger partial charge in [-0.05, 0) is 19.1 Å². The van der Waals surface area contributed by atoms with E-state index in [1.807, 2.05) is 53.8 Å². The number of carbonyl (C=O) groups excluding carboxylic acids is 1. The zero-order valence-corrected chi connectivity index (χ0v) is 14.4. The van der Waals surface area contributed by atoms with Crippen LogP contribution in [0.25, 0.3) is 10.9 Å². The van der Waals surface area contributed by atoms with Gasteiger partial charge in [-0.1, -0.05) is 18.2 Å².